The van der Waals surface area contributed by atoms with Gasteiger partial charge in [0.2, 0.25) is 0 Å². The van der Waals surface area contributed by atoms with Crippen LogP contribution >= 0.6 is 11.3 Å². The van der Waals surface area contributed by atoms with E-state index in [9.17, 15) is 0 Å². The van der Waals surface area contributed by atoms with E-state index in [1.54, 1.807) is 0 Å². The molecule has 0 saturated heterocycles. The number of hydrogen-bond acceptors (Lipinski definition) is 2. The van der Waals surface area contributed by atoms with Crippen LogP contribution in [-0.2, 0) is 0 Å². The smallest absolute Gasteiger partial charge is 0.0476 e. The van der Waals surface area contributed by atoms with Gasteiger partial charge < -0.3 is 4.90 Å². The van der Waals surface area contributed by atoms with E-state index >= 15 is 0 Å². The van der Waals surface area contributed by atoms with Gasteiger partial charge in [0.1, 0.15) is 0 Å². The average molecular weight is 674 g/mol. The molecule has 1 nitrogen and oxygen atoms in total. The van der Waals surface area contributed by atoms with Crippen LogP contribution in [0.4, 0.5) is 17.1 Å². The Bertz CT molecular complexity index is 2420. The van der Waals surface area contributed by atoms with Crippen molar-refractivity contribution < 1.29 is 0 Å². The Labute approximate surface area is 304 Å². The molecular formula is C49H39NS. The summed E-state index contributed by atoms with van der Waals surface area (Å²) in [5.41, 5.74) is 12.5. The predicted molar refractivity (Wildman–Crippen MR) is 219 cm³/mol. The molecule has 2 fully saturated rings. The molecule has 0 aliphatic heterocycles. The topological polar surface area (TPSA) is 3.24 Å². The molecule has 51 heavy (non-hydrogen) atoms. The van der Waals surface area contributed by atoms with Crippen LogP contribution in [0, 0.1) is 11.8 Å². The Kier molecular flexibility index (Phi) is 7.57. The van der Waals surface area contributed by atoms with E-state index in [2.05, 4.69) is 175 Å². The first-order chi connectivity index (χ1) is 25.3. The molecule has 0 spiro atoms. The number of hydrogen-bond donors (Lipinski definition) is 0. The summed E-state index contributed by atoms with van der Waals surface area (Å²) in [5.74, 6) is 2.54. The lowest BCUT2D eigenvalue weighted by atomic mass is 9.83. The molecule has 246 valence electrons. The van der Waals surface area contributed by atoms with Crippen LogP contribution < -0.4 is 4.90 Å². The summed E-state index contributed by atoms with van der Waals surface area (Å²) in [7, 11) is 0. The van der Waals surface area contributed by atoms with Crippen LogP contribution in [0.25, 0.3) is 53.6 Å². The Morgan fingerprint density at radius 3 is 1.71 bits per heavy atom. The summed E-state index contributed by atoms with van der Waals surface area (Å²) < 4.78 is 2.65. The number of rotatable bonds is 7. The van der Waals surface area contributed by atoms with E-state index < -0.39 is 0 Å². The maximum Gasteiger partial charge on any atom is 0.0476 e. The van der Waals surface area contributed by atoms with Gasteiger partial charge in [-0.3, -0.25) is 0 Å². The molecule has 2 heteroatoms. The molecule has 2 aliphatic carbocycles. The molecule has 1 heterocycles. The molecule has 2 saturated carbocycles. The van der Waals surface area contributed by atoms with Crippen LogP contribution in [0.2, 0.25) is 0 Å². The maximum atomic E-state index is 2.44. The minimum Gasteiger partial charge on any atom is -0.310 e. The van der Waals surface area contributed by atoms with Crippen molar-refractivity contribution in [2.45, 2.75) is 31.6 Å². The summed E-state index contributed by atoms with van der Waals surface area (Å²) >= 11 is 1.88. The van der Waals surface area contributed by atoms with Crippen LogP contribution in [0.5, 0.6) is 0 Å². The highest BCUT2D eigenvalue weighted by Crippen LogP contribution is 2.53. The van der Waals surface area contributed by atoms with Crippen molar-refractivity contribution in [3.63, 3.8) is 0 Å². The number of fused-ring (bicyclic) bond motifs is 5. The number of anilines is 3. The van der Waals surface area contributed by atoms with Gasteiger partial charge in [-0.15, -0.1) is 11.3 Å². The first-order valence-electron chi connectivity index (χ1n) is 18.4. The standard InChI is InChI=1S/C49H39NS/c1-3-10-34(11-4-1)42-15-9-16-43(35-12-5-2-6-13-35)49(42)37-22-26-40(27-23-37)50(39-24-20-36(21-25-39)46-31-33-18-19-38(46)30-33)41-28-29-45-44-14-7-8-17-47(44)51-48(45)32-41/h1-17,20-29,32-33,38,46H,18-19,30-31H2. The lowest BCUT2D eigenvalue weighted by molar-refractivity contribution is 0.420. The number of thiophene rings is 1. The highest BCUT2D eigenvalue weighted by atomic mass is 32.1. The maximum absolute atomic E-state index is 2.44. The molecule has 0 N–H and O–H groups in total. The van der Waals surface area contributed by atoms with Gasteiger partial charge in [0.05, 0.1) is 0 Å². The monoisotopic (exact) mass is 673 g/mol. The fourth-order valence-electron chi connectivity index (χ4n) is 9.18. The second-order valence-corrected chi connectivity index (χ2v) is 15.6. The molecule has 7 aromatic carbocycles. The zero-order chi connectivity index (χ0) is 33.7. The molecule has 0 amide bonds. The van der Waals surface area contributed by atoms with Crippen LogP contribution in [0.1, 0.15) is 37.2 Å². The summed E-state index contributed by atoms with van der Waals surface area (Å²) in [6, 6.07) is 62.9. The van der Waals surface area contributed by atoms with E-state index in [1.165, 1.54) is 96.2 Å². The molecule has 3 unspecified atom stereocenters. The summed E-state index contributed by atoms with van der Waals surface area (Å²) in [4.78, 5) is 2.44. The van der Waals surface area contributed by atoms with E-state index in [0.717, 1.165) is 23.4 Å². The van der Waals surface area contributed by atoms with Crippen molar-refractivity contribution >= 4 is 48.6 Å². The third-order valence-electron chi connectivity index (χ3n) is 11.6. The summed E-state index contributed by atoms with van der Waals surface area (Å²) in [5, 5.41) is 2.66. The summed E-state index contributed by atoms with van der Waals surface area (Å²) in [6.45, 7) is 0. The van der Waals surface area contributed by atoms with Crippen molar-refractivity contribution in [1.82, 2.24) is 0 Å². The average Bonchev–Trinajstić information content (AvgIpc) is 3.94. The van der Waals surface area contributed by atoms with Crippen molar-refractivity contribution in [2.24, 2.45) is 11.8 Å². The van der Waals surface area contributed by atoms with Crippen molar-refractivity contribution in [3.8, 4) is 33.4 Å². The van der Waals surface area contributed by atoms with Crippen molar-refractivity contribution in [3.05, 3.63) is 175 Å². The zero-order valence-corrected chi connectivity index (χ0v) is 29.4. The van der Waals surface area contributed by atoms with E-state index in [0.29, 0.717) is 0 Å². The van der Waals surface area contributed by atoms with E-state index in [1.807, 2.05) is 11.3 Å². The highest BCUT2D eigenvalue weighted by Gasteiger charge is 2.40. The first-order valence-corrected chi connectivity index (χ1v) is 19.2. The molecule has 0 radical (unpaired) electrons. The van der Waals surface area contributed by atoms with Crippen LogP contribution in [0.3, 0.4) is 0 Å². The summed E-state index contributed by atoms with van der Waals surface area (Å²) in [6.07, 6.45) is 5.64. The van der Waals surface area contributed by atoms with Gasteiger partial charge in [-0.2, -0.15) is 0 Å². The molecular weight excluding hydrogens is 635 g/mol. The van der Waals surface area contributed by atoms with Gasteiger partial charge in [0.15, 0.2) is 0 Å². The number of nitrogens with zero attached hydrogens (tertiary/aromatic N) is 1. The van der Waals surface area contributed by atoms with Crippen LogP contribution in [-0.4, -0.2) is 0 Å². The normalized spacial score (nSPS) is 18.1. The molecule has 3 atom stereocenters. The molecule has 1 aromatic heterocycles. The Hall–Kier alpha value is -5.44. The molecule has 8 aromatic rings. The molecule has 10 rings (SSSR count). The predicted octanol–water partition coefficient (Wildman–Crippen LogP) is 14.4. The Balaban J connectivity index is 1.09. The van der Waals surface area contributed by atoms with Crippen LogP contribution in [0.15, 0.2) is 170 Å². The Morgan fingerprint density at radius 1 is 0.451 bits per heavy atom. The zero-order valence-electron chi connectivity index (χ0n) is 28.6. The minimum absolute atomic E-state index is 0.726. The van der Waals surface area contributed by atoms with Gasteiger partial charge >= 0.3 is 0 Å². The highest BCUT2D eigenvalue weighted by molar-refractivity contribution is 7.25. The molecule has 2 bridgehead atoms. The second kappa shape index (κ2) is 12.7. The third-order valence-corrected chi connectivity index (χ3v) is 12.7. The van der Waals surface area contributed by atoms with Gasteiger partial charge in [-0.05, 0) is 118 Å². The van der Waals surface area contributed by atoms with Crippen molar-refractivity contribution in [1.29, 1.82) is 0 Å². The first kappa shape index (κ1) is 30.4. The van der Waals surface area contributed by atoms with Gasteiger partial charge in [-0.25, -0.2) is 0 Å². The second-order valence-electron chi connectivity index (χ2n) is 14.5. The van der Waals surface area contributed by atoms with E-state index in [-0.39, 0.29) is 0 Å². The van der Waals surface area contributed by atoms with Gasteiger partial charge in [0.25, 0.3) is 0 Å². The largest absolute Gasteiger partial charge is 0.310 e. The SMILES string of the molecule is c1ccc(-c2cccc(-c3ccccc3)c2-c2ccc(N(c3ccc(C4CC5CCC4C5)cc3)c3ccc4c(c3)sc3ccccc34)cc2)cc1. The quantitative estimate of drug-likeness (QED) is 0.163. The van der Waals surface area contributed by atoms with E-state index in [4.69, 9.17) is 0 Å². The fourth-order valence-corrected chi connectivity index (χ4v) is 10.3. The lowest BCUT2D eigenvalue weighted by Gasteiger charge is -2.27. The van der Waals surface area contributed by atoms with Gasteiger partial charge in [-0.1, -0.05) is 134 Å². The number of benzene rings is 7. The third kappa shape index (κ3) is 5.46. The molecule has 2 aliphatic rings. The lowest BCUT2D eigenvalue weighted by Crippen LogP contribution is -2.11. The Morgan fingerprint density at radius 2 is 1.06 bits per heavy atom. The van der Waals surface area contributed by atoms with Crippen molar-refractivity contribution in [2.75, 3.05) is 4.90 Å². The fraction of sp³-hybridized carbons (Fsp3) is 0.143. The van der Waals surface area contributed by atoms with Gasteiger partial charge in [0, 0.05) is 37.2 Å². The minimum atomic E-state index is 0.726.